The first-order valence-corrected chi connectivity index (χ1v) is 7.82. The summed E-state index contributed by atoms with van der Waals surface area (Å²) in [6.45, 7) is 4.61. The summed E-state index contributed by atoms with van der Waals surface area (Å²) < 4.78 is 0.919. The summed E-state index contributed by atoms with van der Waals surface area (Å²) in [5.74, 6) is 2.25. The van der Waals surface area contributed by atoms with Crippen LogP contribution in [0.4, 0.5) is 5.82 Å². The van der Waals surface area contributed by atoms with Gasteiger partial charge in [-0.05, 0) is 46.7 Å². The Bertz CT molecular complexity index is 409. The van der Waals surface area contributed by atoms with Gasteiger partial charge in [0.25, 0.3) is 0 Å². The highest BCUT2D eigenvalue weighted by Gasteiger charge is 2.28. The third kappa shape index (κ3) is 3.39. The van der Waals surface area contributed by atoms with E-state index in [1.807, 2.05) is 6.07 Å². The van der Waals surface area contributed by atoms with Crippen molar-refractivity contribution in [2.45, 2.75) is 45.6 Å². The average molecular weight is 332 g/mol. The summed E-state index contributed by atoms with van der Waals surface area (Å²) in [4.78, 5) is 4.38. The van der Waals surface area contributed by atoms with Gasteiger partial charge in [-0.3, -0.25) is 0 Å². The standard InChI is InChI=1S/C14H20BrClN2/c1-9(2)11-5-3-4-6-13(11)18-14-12(16)7-10(15)8-17-14/h7-9,11,13H,3-6H2,1-2H3,(H,17,18). The van der Waals surface area contributed by atoms with E-state index in [0.717, 1.165) is 16.2 Å². The van der Waals surface area contributed by atoms with Crippen LogP contribution in [0.15, 0.2) is 16.7 Å². The highest BCUT2D eigenvalue weighted by molar-refractivity contribution is 9.10. The van der Waals surface area contributed by atoms with Crippen molar-refractivity contribution in [2.24, 2.45) is 11.8 Å². The Morgan fingerprint density at radius 1 is 1.39 bits per heavy atom. The third-order valence-electron chi connectivity index (χ3n) is 3.81. The molecule has 1 fully saturated rings. The van der Waals surface area contributed by atoms with Crippen LogP contribution in [0.1, 0.15) is 39.5 Å². The van der Waals surface area contributed by atoms with Crippen molar-refractivity contribution in [1.82, 2.24) is 4.98 Å². The van der Waals surface area contributed by atoms with Crippen molar-refractivity contribution in [3.05, 3.63) is 21.8 Å². The molecule has 2 nitrogen and oxygen atoms in total. The molecule has 1 aliphatic rings. The molecule has 1 aromatic heterocycles. The first kappa shape index (κ1) is 14.1. The number of aromatic nitrogens is 1. The normalized spacial score (nSPS) is 24.3. The monoisotopic (exact) mass is 330 g/mol. The van der Waals surface area contributed by atoms with Crippen LogP contribution in [0.2, 0.25) is 5.02 Å². The quantitative estimate of drug-likeness (QED) is 0.831. The zero-order valence-corrected chi connectivity index (χ0v) is 13.3. The van der Waals surface area contributed by atoms with Crippen molar-refractivity contribution in [3.63, 3.8) is 0 Å². The van der Waals surface area contributed by atoms with Gasteiger partial charge in [0, 0.05) is 16.7 Å². The van der Waals surface area contributed by atoms with E-state index in [2.05, 4.69) is 40.1 Å². The first-order valence-electron chi connectivity index (χ1n) is 6.65. The van der Waals surface area contributed by atoms with E-state index in [4.69, 9.17) is 11.6 Å². The number of pyridine rings is 1. The number of rotatable bonds is 3. The highest BCUT2D eigenvalue weighted by Crippen LogP contribution is 2.33. The predicted octanol–water partition coefficient (Wildman–Crippen LogP) is 5.12. The van der Waals surface area contributed by atoms with Crippen LogP contribution in [0.25, 0.3) is 0 Å². The molecule has 2 atom stereocenters. The van der Waals surface area contributed by atoms with Gasteiger partial charge in [-0.15, -0.1) is 0 Å². The minimum absolute atomic E-state index is 0.505. The molecule has 0 bridgehead atoms. The largest absolute Gasteiger partial charge is 0.366 e. The lowest BCUT2D eigenvalue weighted by molar-refractivity contribution is 0.253. The van der Waals surface area contributed by atoms with E-state index in [-0.39, 0.29) is 0 Å². The van der Waals surface area contributed by atoms with Crippen molar-refractivity contribution in [3.8, 4) is 0 Å². The zero-order chi connectivity index (χ0) is 13.1. The van der Waals surface area contributed by atoms with Crippen LogP contribution in [-0.2, 0) is 0 Å². The first-order chi connectivity index (χ1) is 8.58. The maximum Gasteiger partial charge on any atom is 0.145 e. The smallest absolute Gasteiger partial charge is 0.145 e. The molecule has 1 heterocycles. The maximum atomic E-state index is 6.22. The molecule has 2 rings (SSSR count). The number of anilines is 1. The second-order valence-corrected chi connectivity index (χ2v) is 6.75. The fourth-order valence-corrected chi connectivity index (χ4v) is 3.52. The molecule has 0 spiro atoms. The maximum absolute atomic E-state index is 6.22. The molecule has 1 aromatic rings. The van der Waals surface area contributed by atoms with Crippen LogP contribution in [0.5, 0.6) is 0 Å². The number of nitrogens with zero attached hydrogens (tertiary/aromatic N) is 1. The summed E-state index contributed by atoms with van der Waals surface area (Å²) in [6, 6.07) is 2.40. The van der Waals surface area contributed by atoms with E-state index >= 15 is 0 Å². The van der Waals surface area contributed by atoms with Gasteiger partial charge < -0.3 is 5.32 Å². The summed E-state index contributed by atoms with van der Waals surface area (Å²) >= 11 is 9.60. The molecule has 18 heavy (non-hydrogen) atoms. The van der Waals surface area contributed by atoms with Gasteiger partial charge in [-0.1, -0.05) is 38.3 Å². The number of hydrogen-bond donors (Lipinski definition) is 1. The molecular formula is C14H20BrClN2. The molecule has 0 amide bonds. The lowest BCUT2D eigenvalue weighted by Crippen LogP contribution is -2.35. The van der Waals surface area contributed by atoms with Crippen molar-refractivity contribution in [1.29, 1.82) is 0 Å². The molecular weight excluding hydrogens is 312 g/mol. The molecule has 0 aromatic carbocycles. The molecule has 1 N–H and O–H groups in total. The molecule has 0 aliphatic heterocycles. The minimum Gasteiger partial charge on any atom is -0.366 e. The van der Waals surface area contributed by atoms with E-state index in [0.29, 0.717) is 17.0 Å². The second kappa shape index (κ2) is 6.25. The molecule has 1 aliphatic carbocycles. The molecule has 4 heteroatoms. The Labute approximate surface area is 123 Å². The van der Waals surface area contributed by atoms with E-state index in [1.54, 1.807) is 6.20 Å². The van der Waals surface area contributed by atoms with Gasteiger partial charge >= 0.3 is 0 Å². The fraction of sp³-hybridized carbons (Fsp3) is 0.643. The SMILES string of the molecule is CC(C)C1CCCCC1Nc1ncc(Br)cc1Cl. The third-order valence-corrected chi connectivity index (χ3v) is 4.53. The van der Waals surface area contributed by atoms with E-state index < -0.39 is 0 Å². The highest BCUT2D eigenvalue weighted by atomic mass is 79.9. The second-order valence-electron chi connectivity index (χ2n) is 5.43. The van der Waals surface area contributed by atoms with Gasteiger partial charge in [0.1, 0.15) is 5.82 Å². The zero-order valence-electron chi connectivity index (χ0n) is 10.9. The van der Waals surface area contributed by atoms with E-state index in [1.165, 1.54) is 25.7 Å². The summed E-state index contributed by atoms with van der Waals surface area (Å²) in [6.07, 6.45) is 6.97. The number of halogens is 2. The molecule has 1 saturated carbocycles. The lowest BCUT2D eigenvalue weighted by Gasteiger charge is -2.35. The van der Waals surface area contributed by atoms with Crippen molar-refractivity contribution in [2.75, 3.05) is 5.32 Å². The summed E-state index contributed by atoms with van der Waals surface area (Å²) in [5.41, 5.74) is 0. The predicted molar refractivity (Wildman–Crippen MR) is 81.2 cm³/mol. The van der Waals surface area contributed by atoms with Crippen LogP contribution in [0.3, 0.4) is 0 Å². The Morgan fingerprint density at radius 2 is 2.11 bits per heavy atom. The van der Waals surface area contributed by atoms with Crippen LogP contribution < -0.4 is 5.32 Å². The van der Waals surface area contributed by atoms with Gasteiger partial charge in [-0.2, -0.15) is 0 Å². The summed E-state index contributed by atoms with van der Waals surface area (Å²) in [7, 11) is 0. The van der Waals surface area contributed by atoms with Gasteiger partial charge in [0.15, 0.2) is 0 Å². The Balaban J connectivity index is 2.11. The van der Waals surface area contributed by atoms with Crippen molar-refractivity contribution < 1.29 is 0 Å². The van der Waals surface area contributed by atoms with Gasteiger partial charge in [0.2, 0.25) is 0 Å². The van der Waals surface area contributed by atoms with Crippen LogP contribution >= 0.6 is 27.5 Å². The fourth-order valence-electron chi connectivity index (χ4n) is 2.83. The topological polar surface area (TPSA) is 24.9 Å². The molecule has 100 valence electrons. The van der Waals surface area contributed by atoms with Gasteiger partial charge in [-0.25, -0.2) is 4.98 Å². The minimum atomic E-state index is 0.505. The average Bonchev–Trinajstić information content (AvgIpc) is 2.33. The Hall–Kier alpha value is -0.280. The van der Waals surface area contributed by atoms with Crippen LogP contribution in [0, 0.1) is 11.8 Å². The van der Waals surface area contributed by atoms with Crippen molar-refractivity contribution >= 4 is 33.3 Å². The lowest BCUT2D eigenvalue weighted by atomic mass is 9.78. The number of nitrogens with one attached hydrogen (secondary N) is 1. The van der Waals surface area contributed by atoms with E-state index in [9.17, 15) is 0 Å². The molecule has 2 unspecified atom stereocenters. The van der Waals surface area contributed by atoms with Gasteiger partial charge in [0.05, 0.1) is 5.02 Å². The molecule has 0 radical (unpaired) electrons. The number of hydrogen-bond acceptors (Lipinski definition) is 2. The Kier molecular flexibility index (Phi) is 4.91. The summed E-state index contributed by atoms with van der Waals surface area (Å²) in [5, 5.41) is 4.24. The Morgan fingerprint density at radius 3 is 2.78 bits per heavy atom. The van der Waals surface area contributed by atoms with Crippen LogP contribution in [-0.4, -0.2) is 11.0 Å². The molecule has 0 saturated heterocycles.